The molecule has 0 bridgehead atoms. The molecule has 0 saturated heterocycles. The maximum atomic E-state index is 12.7. The molecule has 0 unspecified atom stereocenters. The van der Waals surface area contributed by atoms with Crippen molar-refractivity contribution < 1.29 is 22.9 Å². The number of H-pyrrole nitrogens is 1. The standard InChI is InChI=1S/C17H19F3N6O3S/c18-17(19,20)10-1-4-12(13(9-10)26(28)29)21-8-6-15(27)22-7-5-14-23-24-16(30)25(14)11-2-3-11/h1,4,9,11,21H,2-3,5-8H2,(H,22,27)(H,24,30). The van der Waals surface area contributed by atoms with Crippen molar-refractivity contribution in [1.29, 1.82) is 0 Å². The van der Waals surface area contributed by atoms with Crippen molar-refractivity contribution in [1.82, 2.24) is 20.1 Å². The first-order valence-electron chi connectivity index (χ1n) is 9.19. The van der Waals surface area contributed by atoms with E-state index in [2.05, 4.69) is 20.8 Å². The van der Waals surface area contributed by atoms with Crippen LogP contribution in [0.1, 0.15) is 36.7 Å². The fourth-order valence-corrected chi connectivity index (χ4v) is 3.24. The van der Waals surface area contributed by atoms with Crippen LogP contribution in [0.2, 0.25) is 0 Å². The van der Waals surface area contributed by atoms with Gasteiger partial charge in [0.25, 0.3) is 5.69 Å². The van der Waals surface area contributed by atoms with Gasteiger partial charge in [0, 0.05) is 38.0 Å². The van der Waals surface area contributed by atoms with Crippen LogP contribution in [-0.2, 0) is 17.4 Å². The number of anilines is 1. The first-order chi connectivity index (χ1) is 14.2. The molecule has 0 spiro atoms. The van der Waals surface area contributed by atoms with Crippen molar-refractivity contribution in [2.75, 3.05) is 18.4 Å². The van der Waals surface area contributed by atoms with Gasteiger partial charge in [0.2, 0.25) is 5.91 Å². The average molecular weight is 444 g/mol. The van der Waals surface area contributed by atoms with Crippen LogP contribution in [0.4, 0.5) is 24.5 Å². The molecule has 0 aliphatic heterocycles. The van der Waals surface area contributed by atoms with Gasteiger partial charge < -0.3 is 15.2 Å². The molecule has 1 amide bonds. The third-order valence-corrected chi connectivity index (χ3v) is 4.84. The number of hydrogen-bond donors (Lipinski definition) is 3. The number of carbonyl (C=O) groups is 1. The zero-order valence-electron chi connectivity index (χ0n) is 15.7. The summed E-state index contributed by atoms with van der Waals surface area (Å²) in [6.07, 6.45) is -2.09. The van der Waals surface area contributed by atoms with E-state index in [1.807, 2.05) is 4.57 Å². The first-order valence-corrected chi connectivity index (χ1v) is 9.59. The van der Waals surface area contributed by atoms with E-state index in [4.69, 9.17) is 12.2 Å². The number of benzene rings is 1. The Bertz CT molecular complexity index is 999. The number of alkyl halides is 3. The minimum absolute atomic E-state index is 0.00630. The zero-order valence-corrected chi connectivity index (χ0v) is 16.5. The number of aromatic amines is 1. The second kappa shape index (κ2) is 8.81. The summed E-state index contributed by atoms with van der Waals surface area (Å²) in [6.45, 7) is 0.366. The minimum atomic E-state index is -4.68. The second-order valence-corrected chi connectivity index (χ2v) is 7.20. The van der Waals surface area contributed by atoms with E-state index in [-0.39, 0.29) is 24.6 Å². The van der Waals surface area contributed by atoms with Crippen molar-refractivity contribution in [3.63, 3.8) is 0 Å². The first kappa shape index (κ1) is 21.7. The molecule has 3 rings (SSSR count). The normalized spacial score (nSPS) is 13.8. The Morgan fingerprint density at radius 1 is 1.37 bits per heavy atom. The molecular weight excluding hydrogens is 425 g/mol. The third kappa shape index (κ3) is 5.34. The van der Waals surface area contributed by atoms with Gasteiger partial charge in [-0.25, -0.2) is 0 Å². The van der Waals surface area contributed by atoms with Gasteiger partial charge in [-0.3, -0.25) is 20.0 Å². The molecule has 13 heteroatoms. The Hall–Kier alpha value is -2.96. The number of halogens is 3. The summed E-state index contributed by atoms with van der Waals surface area (Å²) in [7, 11) is 0. The lowest BCUT2D eigenvalue weighted by Crippen LogP contribution is -2.28. The van der Waals surface area contributed by atoms with Crippen LogP contribution in [0.15, 0.2) is 18.2 Å². The number of hydrogen-bond acceptors (Lipinski definition) is 6. The molecule has 30 heavy (non-hydrogen) atoms. The Kier molecular flexibility index (Phi) is 6.39. The van der Waals surface area contributed by atoms with E-state index < -0.39 is 22.4 Å². The summed E-state index contributed by atoms with van der Waals surface area (Å²) in [4.78, 5) is 22.1. The lowest BCUT2D eigenvalue weighted by molar-refractivity contribution is -0.384. The number of carbonyl (C=O) groups excluding carboxylic acids is 1. The summed E-state index contributed by atoms with van der Waals surface area (Å²) in [5.74, 6) is 0.463. The topological polar surface area (TPSA) is 118 Å². The summed E-state index contributed by atoms with van der Waals surface area (Å²) in [5.41, 5.74) is -1.89. The maximum Gasteiger partial charge on any atom is 0.416 e. The van der Waals surface area contributed by atoms with Gasteiger partial charge in [-0.1, -0.05) is 0 Å². The molecular formula is C17H19F3N6O3S. The van der Waals surface area contributed by atoms with E-state index in [0.717, 1.165) is 30.8 Å². The molecule has 1 aliphatic carbocycles. The molecule has 0 radical (unpaired) electrons. The number of rotatable bonds is 9. The molecule has 1 aromatic heterocycles. The van der Waals surface area contributed by atoms with Gasteiger partial charge in [0.1, 0.15) is 11.5 Å². The van der Waals surface area contributed by atoms with Gasteiger partial charge in [-0.05, 0) is 37.2 Å². The number of amides is 1. The monoisotopic (exact) mass is 444 g/mol. The molecule has 1 aliphatic rings. The van der Waals surface area contributed by atoms with Crippen molar-refractivity contribution in [2.24, 2.45) is 0 Å². The van der Waals surface area contributed by atoms with Crippen molar-refractivity contribution >= 4 is 29.5 Å². The quantitative estimate of drug-likeness (QED) is 0.310. The smallest absolute Gasteiger partial charge is 0.379 e. The Morgan fingerprint density at radius 2 is 2.10 bits per heavy atom. The largest absolute Gasteiger partial charge is 0.416 e. The van der Waals surface area contributed by atoms with E-state index >= 15 is 0 Å². The number of aromatic nitrogens is 3. The summed E-state index contributed by atoms with van der Waals surface area (Å²) < 4.78 is 40.7. The SMILES string of the molecule is O=C(CCNc1ccc(C(F)(F)F)cc1[N+](=O)[O-])NCCc1n[nH]c(=S)n1C1CC1. The van der Waals surface area contributed by atoms with E-state index in [0.29, 0.717) is 29.8 Å². The summed E-state index contributed by atoms with van der Waals surface area (Å²) in [6, 6.07) is 2.57. The van der Waals surface area contributed by atoms with Gasteiger partial charge in [-0.15, -0.1) is 0 Å². The highest BCUT2D eigenvalue weighted by atomic mass is 32.1. The zero-order chi connectivity index (χ0) is 21.9. The lowest BCUT2D eigenvalue weighted by Gasteiger charge is -2.11. The molecule has 1 fully saturated rings. The van der Waals surface area contributed by atoms with Crippen LogP contribution in [-0.4, -0.2) is 38.7 Å². The number of nitrogens with zero attached hydrogens (tertiary/aromatic N) is 3. The van der Waals surface area contributed by atoms with Gasteiger partial charge in [0.15, 0.2) is 4.77 Å². The van der Waals surface area contributed by atoms with Gasteiger partial charge in [0.05, 0.1) is 10.5 Å². The van der Waals surface area contributed by atoms with Crippen LogP contribution >= 0.6 is 12.2 Å². The Balaban J connectivity index is 1.47. The van der Waals surface area contributed by atoms with Crippen molar-refractivity contribution in [3.05, 3.63) is 44.5 Å². The van der Waals surface area contributed by atoms with Crippen LogP contribution in [0, 0.1) is 14.9 Å². The maximum absolute atomic E-state index is 12.7. The highest BCUT2D eigenvalue weighted by molar-refractivity contribution is 7.71. The molecule has 162 valence electrons. The highest BCUT2D eigenvalue weighted by Gasteiger charge is 2.33. The predicted octanol–water partition coefficient (Wildman–Crippen LogP) is 3.36. The molecule has 9 nitrogen and oxygen atoms in total. The average Bonchev–Trinajstić information content (AvgIpc) is 3.44. The van der Waals surface area contributed by atoms with Crippen LogP contribution in [0.25, 0.3) is 0 Å². The van der Waals surface area contributed by atoms with Crippen LogP contribution in [0.3, 0.4) is 0 Å². The van der Waals surface area contributed by atoms with E-state index in [1.54, 1.807) is 0 Å². The predicted molar refractivity (Wildman–Crippen MR) is 104 cm³/mol. The second-order valence-electron chi connectivity index (χ2n) is 6.81. The molecule has 1 aromatic carbocycles. The van der Waals surface area contributed by atoms with Crippen LogP contribution in [0.5, 0.6) is 0 Å². The van der Waals surface area contributed by atoms with Crippen LogP contribution < -0.4 is 10.6 Å². The lowest BCUT2D eigenvalue weighted by atomic mass is 10.1. The van der Waals surface area contributed by atoms with Gasteiger partial charge >= 0.3 is 6.18 Å². The fourth-order valence-electron chi connectivity index (χ4n) is 2.94. The van der Waals surface area contributed by atoms with E-state index in [1.165, 1.54) is 0 Å². The number of nitro groups is 1. The Morgan fingerprint density at radius 3 is 2.73 bits per heavy atom. The fraction of sp³-hybridized carbons (Fsp3) is 0.471. The van der Waals surface area contributed by atoms with E-state index in [9.17, 15) is 28.1 Å². The number of nitro benzene ring substituents is 1. The third-order valence-electron chi connectivity index (χ3n) is 4.55. The molecule has 2 aromatic rings. The molecule has 1 heterocycles. The molecule has 1 saturated carbocycles. The summed E-state index contributed by atoms with van der Waals surface area (Å²) in [5, 5.41) is 23.3. The van der Waals surface area contributed by atoms with Crippen molar-refractivity contribution in [2.45, 2.75) is 37.9 Å². The number of nitrogens with one attached hydrogen (secondary N) is 3. The molecule has 0 atom stereocenters. The minimum Gasteiger partial charge on any atom is -0.379 e. The molecule has 3 N–H and O–H groups in total. The summed E-state index contributed by atoms with van der Waals surface area (Å²) >= 11 is 5.19. The van der Waals surface area contributed by atoms with Crippen molar-refractivity contribution in [3.8, 4) is 0 Å². The van der Waals surface area contributed by atoms with Gasteiger partial charge in [-0.2, -0.15) is 18.3 Å². The Labute approximate surface area is 173 Å². The highest BCUT2D eigenvalue weighted by Crippen LogP contribution is 2.36.